The van der Waals surface area contributed by atoms with E-state index in [1.165, 1.54) is 6.08 Å². The Morgan fingerprint density at radius 1 is 1.28 bits per heavy atom. The Kier molecular flexibility index (Phi) is 5.82. The van der Waals surface area contributed by atoms with Crippen LogP contribution in [0.1, 0.15) is 12.8 Å². The van der Waals surface area contributed by atoms with E-state index in [0.29, 0.717) is 0 Å². The molecule has 100 valence electrons. The van der Waals surface area contributed by atoms with Gasteiger partial charge in [0.25, 0.3) is 0 Å². The van der Waals surface area contributed by atoms with Crippen molar-refractivity contribution in [1.82, 2.24) is 0 Å². The van der Waals surface area contributed by atoms with E-state index >= 15 is 0 Å². The standard InChI is InChI=1S/C14H20O4/c1-4-7-13(15)18-14-11(6-3)8-10(5-2)12(14)9-17-16/h4-6,10-12,14,16H,1-3,7-9H2. The average molecular weight is 252 g/mol. The fourth-order valence-corrected chi connectivity index (χ4v) is 2.48. The maximum absolute atomic E-state index is 11.5. The first-order valence-electron chi connectivity index (χ1n) is 5.99. The second-order valence-corrected chi connectivity index (χ2v) is 4.44. The topological polar surface area (TPSA) is 55.8 Å². The smallest absolute Gasteiger partial charge is 0.309 e. The van der Waals surface area contributed by atoms with Gasteiger partial charge in [-0.25, -0.2) is 4.89 Å². The lowest BCUT2D eigenvalue weighted by Gasteiger charge is -2.23. The highest BCUT2D eigenvalue weighted by Gasteiger charge is 2.43. The average Bonchev–Trinajstić information content (AvgIpc) is 2.68. The Balaban J connectivity index is 2.79. The number of hydrogen-bond donors (Lipinski definition) is 1. The molecule has 1 rings (SSSR count). The summed E-state index contributed by atoms with van der Waals surface area (Å²) in [7, 11) is 0. The normalized spacial score (nSPS) is 30.7. The summed E-state index contributed by atoms with van der Waals surface area (Å²) in [5.74, 6) is -0.220. The van der Waals surface area contributed by atoms with Gasteiger partial charge >= 0.3 is 5.97 Å². The maximum atomic E-state index is 11.5. The summed E-state index contributed by atoms with van der Waals surface area (Å²) in [6.07, 6.45) is 5.73. The molecule has 4 nitrogen and oxygen atoms in total. The van der Waals surface area contributed by atoms with Crippen LogP contribution < -0.4 is 0 Å². The predicted molar refractivity (Wildman–Crippen MR) is 68.8 cm³/mol. The number of carbonyl (C=O) groups excluding carboxylic acids is 1. The van der Waals surface area contributed by atoms with Gasteiger partial charge in [0.05, 0.1) is 13.0 Å². The summed E-state index contributed by atoms with van der Waals surface area (Å²) in [5.41, 5.74) is 0. The highest BCUT2D eigenvalue weighted by molar-refractivity contribution is 5.71. The summed E-state index contributed by atoms with van der Waals surface area (Å²) in [4.78, 5) is 15.8. The van der Waals surface area contributed by atoms with Crippen molar-refractivity contribution < 1.29 is 19.7 Å². The summed E-state index contributed by atoms with van der Waals surface area (Å²) in [6.45, 7) is 11.1. The Morgan fingerprint density at radius 3 is 2.44 bits per heavy atom. The first-order valence-corrected chi connectivity index (χ1v) is 5.99. The second-order valence-electron chi connectivity index (χ2n) is 4.44. The molecule has 1 aliphatic rings. The Labute approximate surface area is 108 Å². The molecular weight excluding hydrogens is 232 g/mol. The monoisotopic (exact) mass is 252 g/mol. The molecule has 18 heavy (non-hydrogen) atoms. The first-order chi connectivity index (χ1) is 8.67. The first kappa shape index (κ1) is 14.7. The molecule has 1 fully saturated rings. The van der Waals surface area contributed by atoms with Crippen LogP contribution in [0.4, 0.5) is 0 Å². The van der Waals surface area contributed by atoms with E-state index in [0.717, 1.165) is 6.42 Å². The van der Waals surface area contributed by atoms with Crippen LogP contribution in [0, 0.1) is 17.8 Å². The molecule has 0 spiro atoms. The third-order valence-corrected chi connectivity index (χ3v) is 3.39. The molecule has 0 aliphatic heterocycles. The minimum Gasteiger partial charge on any atom is -0.461 e. The maximum Gasteiger partial charge on any atom is 0.309 e. The van der Waals surface area contributed by atoms with E-state index in [4.69, 9.17) is 9.99 Å². The van der Waals surface area contributed by atoms with E-state index in [1.807, 2.05) is 6.08 Å². The van der Waals surface area contributed by atoms with Gasteiger partial charge in [-0.15, -0.1) is 19.7 Å². The molecule has 0 radical (unpaired) electrons. The van der Waals surface area contributed by atoms with Gasteiger partial charge in [0.2, 0.25) is 0 Å². The van der Waals surface area contributed by atoms with Crippen LogP contribution in [0.25, 0.3) is 0 Å². The van der Waals surface area contributed by atoms with E-state index in [-0.39, 0.29) is 42.9 Å². The van der Waals surface area contributed by atoms with Crippen LogP contribution >= 0.6 is 0 Å². The Bertz CT molecular complexity index is 324. The van der Waals surface area contributed by atoms with Crippen LogP contribution in [0.15, 0.2) is 38.0 Å². The van der Waals surface area contributed by atoms with Gasteiger partial charge in [-0.2, -0.15) is 0 Å². The largest absolute Gasteiger partial charge is 0.461 e. The lowest BCUT2D eigenvalue weighted by molar-refractivity contribution is -0.257. The van der Waals surface area contributed by atoms with E-state index in [1.54, 1.807) is 6.08 Å². The molecule has 1 N–H and O–H groups in total. The highest BCUT2D eigenvalue weighted by atomic mass is 17.1. The fourth-order valence-electron chi connectivity index (χ4n) is 2.48. The van der Waals surface area contributed by atoms with Crippen LogP contribution in [-0.4, -0.2) is 23.9 Å². The van der Waals surface area contributed by atoms with Gasteiger partial charge in [0.15, 0.2) is 0 Å². The van der Waals surface area contributed by atoms with E-state index in [9.17, 15) is 4.79 Å². The second kappa shape index (κ2) is 7.13. The highest BCUT2D eigenvalue weighted by Crippen LogP contribution is 2.40. The van der Waals surface area contributed by atoms with Crippen molar-refractivity contribution in [3.05, 3.63) is 38.0 Å². The number of rotatable bonds is 7. The Hall–Kier alpha value is -1.39. The van der Waals surface area contributed by atoms with Crippen molar-refractivity contribution in [2.75, 3.05) is 6.61 Å². The van der Waals surface area contributed by atoms with Gasteiger partial charge in [0, 0.05) is 11.8 Å². The zero-order valence-corrected chi connectivity index (χ0v) is 10.5. The molecule has 4 heteroatoms. The molecule has 0 aromatic rings. The van der Waals surface area contributed by atoms with Crippen molar-refractivity contribution in [2.24, 2.45) is 17.8 Å². The van der Waals surface area contributed by atoms with E-state index < -0.39 is 0 Å². The Morgan fingerprint density at radius 2 is 1.94 bits per heavy atom. The third kappa shape index (κ3) is 3.31. The molecule has 1 aliphatic carbocycles. The van der Waals surface area contributed by atoms with Gasteiger partial charge < -0.3 is 4.74 Å². The van der Waals surface area contributed by atoms with Crippen LogP contribution in [0.2, 0.25) is 0 Å². The summed E-state index contributed by atoms with van der Waals surface area (Å²) in [5, 5.41) is 8.64. The minimum atomic E-state index is -0.329. The van der Waals surface area contributed by atoms with Crippen LogP contribution in [-0.2, 0) is 14.4 Å². The molecule has 1 saturated carbocycles. The lowest BCUT2D eigenvalue weighted by atomic mass is 9.95. The summed E-state index contributed by atoms with van der Waals surface area (Å²) >= 11 is 0. The third-order valence-electron chi connectivity index (χ3n) is 3.39. The number of carbonyl (C=O) groups is 1. The van der Waals surface area contributed by atoms with Crippen LogP contribution in [0.3, 0.4) is 0 Å². The molecule has 4 atom stereocenters. The molecule has 0 amide bonds. The van der Waals surface area contributed by atoms with Crippen molar-refractivity contribution in [2.45, 2.75) is 18.9 Å². The SMILES string of the molecule is C=CCC(=O)OC1C(C=C)CC(C=C)C1COO. The summed E-state index contributed by atoms with van der Waals surface area (Å²) < 4.78 is 5.43. The van der Waals surface area contributed by atoms with Crippen molar-refractivity contribution in [3.63, 3.8) is 0 Å². The quantitative estimate of drug-likeness (QED) is 0.327. The van der Waals surface area contributed by atoms with Gasteiger partial charge in [-0.1, -0.05) is 18.2 Å². The molecular formula is C14H20O4. The fraction of sp³-hybridized carbons (Fsp3) is 0.500. The number of hydrogen-bond acceptors (Lipinski definition) is 4. The molecule has 0 saturated heterocycles. The van der Waals surface area contributed by atoms with Gasteiger partial charge in [-0.3, -0.25) is 10.1 Å². The molecule has 0 bridgehead atoms. The van der Waals surface area contributed by atoms with Gasteiger partial charge in [-0.05, 0) is 12.3 Å². The number of ether oxygens (including phenoxy) is 1. The zero-order chi connectivity index (χ0) is 13.5. The predicted octanol–water partition coefficient (Wildman–Crippen LogP) is 2.59. The molecule has 4 unspecified atom stereocenters. The number of esters is 1. The minimum absolute atomic E-state index is 0.0573. The zero-order valence-electron chi connectivity index (χ0n) is 10.5. The van der Waals surface area contributed by atoms with Crippen LogP contribution in [0.5, 0.6) is 0 Å². The van der Waals surface area contributed by atoms with Crippen molar-refractivity contribution in [1.29, 1.82) is 0 Å². The molecule has 0 aromatic carbocycles. The van der Waals surface area contributed by atoms with Crippen molar-refractivity contribution >= 4 is 5.97 Å². The molecule has 0 aromatic heterocycles. The van der Waals surface area contributed by atoms with E-state index in [2.05, 4.69) is 24.6 Å². The molecule has 0 heterocycles. The van der Waals surface area contributed by atoms with Crippen molar-refractivity contribution in [3.8, 4) is 0 Å². The lowest BCUT2D eigenvalue weighted by Crippen LogP contribution is -2.31. The van der Waals surface area contributed by atoms with Gasteiger partial charge in [0.1, 0.15) is 6.10 Å². The summed E-state index contributed by atoms with van der Waals surface area (Å²) in [6, 6.07) is 0. The number of allylic oxidation sites excluding steroid dienone is 1.